The number of nitrogens with zero attached hydrogens (tertiary/aromatic N) is 1. The SMILES string of the molecule is C[C@@H]1CN(C(=O)CC[C@@H](N)c2ccccc2)C[C@@H](C)N1. The van der Waals surface area contributed by atoms with Crippen molar-refractivity contribution in [2.75, 3.05) is 13.1 Å². The number of nitrogens with one attached hydrogen (secondary N) is 1. The van der Waals surface area contributed by atoms with Crippen molar-refractivity contribution in [3.05, 3.63) is 35.9 Å². The van der Waals surface area contributed by atoms with Crippen LogP contribution in [-0.2, 0) is 4.79 Å². The van der Waals surface area contributed by atoms with Crippen LogP contribution in [0.5, 0.6) is 0 Å². The van der Waals surface area contributed by atoms with Gasteiger partial charge in [0.1, 0.15) is 0 Å². The van der Waals surface area contributed by atoms with E-state index in [9.17, 15) is 4.79 Å². The summed E-state index contributed by atoms with van der Waals surface area (Å²) in [5.74, 6) is 0.219. The number of carbonyl (C=O) groups is 1. The smallest absolute Gasteiger partial charge is 0.222 e. The minimum atomic E-state index is -0.0575. The highest BCUT2D eigenvalue weighted by atomic mass is 16.2. The summed E-state index contributed by atoms with van der Waals surface area (Å²) in [4.78, 5) is 14.2. The lowest BCUT2D eigenvalue weighted by molar-refractivity contribution is -0.133. The number of piperazine rings is 1. The van der Waals surface area contributed by atoms with Crippen LogP contribution in [0.3, 0.4) is 0 Å². The molecule has 1 saturated heterocycles. The Hall–Kier alpha value is -1.39. The number of nitrogens with two attached hydrogens (primary N) is 1. The summed E-state index contributed by atoms with van der Waals surface area (Å²) >= 11 is 0. The number of carbonyl (C=O) groups excluding carboxylic acids is 1. The predicted octanol–water partition coefficient (Wildman–Crippen LogP) is 1.68. The van der Waals surface area contributed by atoms with E-state index in [-0.39, 0.29) is 11.9 Å². The Balaban J connectivity index is 1.83. The summed E-state index contributed by atoms with van der Waals surface area (Å²) in [6.07, 6.45) is 1.23. The molecule has 0 aliphatic carbocycles. The summed E-state index contributed by atoms with van der Waals surface area (Å²) in [6.45, 7) is 5.82. The van der Waals surface area contributed by atoms with E-state index >= 15 is 0 Å². The number of amides is 1. The Kier molecular flexibility index (Phi) is 5.15. The fraction of sp³-hybridized carbons (Fsp3) is 0.562. The molecule has 0 spiro atoms. The second-order valence-electron chi connectivity index (χ2n) is 5.82. The van der Waals surface area contributed by atoms with Crippen LogP contribution in [0.2, 0.25) is 0 Å². The van der Waals surface area contributed by atoms with Crippen LogP contribution in [0.1, 0.15) is 38.3 Å². The molecule has 0 unspecified atom stereocenters. The number of hydrogen-bond donors (Lipinski definition) is 2. The predicted molar refractivity (Wildman–Crippen MR) is 81.2 cm³/mol. The van der Waals surface area contributed by atoms with Gasteiger partial charge in [0.2, 0.25) is 5.91 Å². The Bertz CT molecular complexity index is 425. The lowest BCUT2D eigenvalue weighted by atomic mass is 10.0. The topological polar surface area (TPSA) is 58.4 Å². The fourth-order valence-electron chi connectivity index (χ4n) is 2.83. The van der Waals surface area contributed by atoms with Crippen molar-refractivity contribution in [2.24, 2.45) is 5.73 Å². The molecule has 1 aromatic rings. The van der Waals surface area contributed by atoms with E-state index in [2.05, 4.69) is 19.2 Å². The largest absolute Gasteiger partial charge is 0.340 e. The van der Waals surface area contributed by atoms with E-state index < -0.39 is 0 Å². The summed E-state index contributed by atoms with van der Waals surface area (Å²) in [7, 11) is 0. The van der Waals surface area contributed by atoms with Gasteiger partial charge in [-0.05, 0) is 25.8 Å². The Labute approximate surface area is 121 Å². The van der Waals surface area contributed by atoms with Crippen LogP contribution in [0, 0.1) is 0 Å². The Morgan fingerprint density at radius 2 is 1.90 bits per heavy atom. The molecule has 1 amide bonds. The number of hydrogen-bond acceptors (Lipinski definition) is 3. The van der Waals surface area contributed by atoms with E-state index in [0.717, 1.165) is 18.7 Å². The van der Waals surface area contributed by atoms with Gasteiger partial charge in [0.25, 0.3) is 0 Å². The zero-order valence-corrected chi connectivity index (χ0v) is 12.4. The maximum atomic E-state index is 12.3. The normalized spacial score (nSPS) is 24.4. The highest BCUT2D eigenvalue weighted by Gasteiger charge is 2.24. The molecule has 3 N–H and O–H groups in total. The van der Waals surface area contributed by atoms with Crippen molar-refractivity contribution in [2.45, 2.75) is 44.8 Å². The fourth-order valence-corrected chi connectivity index (χ4v) is 2.83. The van der Waals surface area contributed by atoms with Crippen molar-refractivity contribution < 1.29 is 4.79 Å². The van der Waals surface area contributed by atoms with Gasteiger partial charge in [-0.2, -0.15) is 0 Å². The van der Waals surface area contributed by atoms with E-state index in [0.29, 0.717) is 24.9 Å². The second kappa shape index (κ2) is 6.86. The molecule has 1 aliphatic heterocycles. The van der Waals surface area contributed by atoms with Gasteiger partial charge in [-0.25, -0.2) is 0 Å². The molecule has 2 rings (SSSR count). The third-order valence-electron chi connectivity index (χ3n) is 3.81. The first-order valence-corrected chi connectivity index (χ1v) is 7.40. The first-order valence-electron chi connectivity index (χ1n) is 7.40. The monoisotopic (exact) mass is 275 g/mol. The van der Waals surface area contributed by atoms with E-state index in [4.69, 9.17) is 5.73 Å². The highest BCUT2D eigenvalue weighted by molar-refractivity contribution is 5.76. The van der Waals surface area contributed by atoms with Gasteiger partial charge in [-0.15, -0.1) is 0 Å². The van der Waals surface area contributed by atoms with Crippen LogP contribution in [0.4, 0.5) is 0 Å². The molecule has 0 aromatic heterocycles. The zero-order valence-electron chi connectivity index (χ0n) is 12.4. The third kappa shape index (κ3) is 4.05. The lowest BCUT2D eigenvalue weighted by Gasteiger charge is -2.36. The summed E-state index contributed by atoms with van der Waals surface area (Å²) < 4.78 is 0. The molecule has 3 atom stereocenters. The molecule has 110 valence electrons. The Morgan fingerprint density at radius 1 is 1.30 bits per heavy atom. The molecular weight excluding hydrogens is 250 g/mol. The zero-order chi connectivity index (χ0) is 14.5. The third-order valence-corrected chi connectivity index (χ3v) is 3.81. The van der Waals surface area contributed by atoms with Gasteiger partial charge in [-0.1, -0.05) is 30.3 Å². The van der Waals surface area contributed by atoms with Crippen molar-refractivity contribution in [3.63, 3.8) is 0 Å². The molecule has 20 heavy (non-hydrogen) atoms. The van der Waals surface area contributed by atoms with Gasteiger partial charge in [0.05, 0.1) is 0 Å². The van der Waals surface area contributed by atoms with Crippen LogP contribution >= 0.6 is 0 Å². The van der Waals surface area contributed by atoms with Gasteiger partial charge in [0.15, 0.2) is 0 Å². The van der Waals surface area contributed by atoms with Crippen LogP contribution in [-0.4, -0.2) is 36.0 Å². The van der Waals surface area contributed by atoms with Crippen LogP contribution in [0.15, 0.2) is 30.3 Å². The van der Waals surface area contributed by atoms with Crippen molar-refractivity contribution in [1.29, 1.82) is 0 Å². The molecular formula is C16H25N3O. The van der Waals surface area contributed by atoms with Crippen LogP contribution < -0.4 is 11.1 Å². The maximum absolute atomic E-state index is 12.3. The van der Waals surface area contributed by atoms with E-state index in [1.165, 1.54) is 0 Å². The lowest BCUT2D eigenvalue weighted by Crippen LogP contribution is -2.55. The summed E-state index contributed by atoms with van der Waals surface area (Å²) in [6, 6.07) is 10.7. The maximum Gasteiger partial charge on any atom is 0.222 e. The van der Waals surface area contributed by atoms with Crippen LogP contribution in [0.25, 0.3) is 0 Å². The minimum Gasteiger partial charge on any atom is -0.340 e. The van der Waals surface area contributed by atoms with Gasteiger partial charge in [0, 0.05) is 37.6 Å². The molecule has 1 aliphatic rings. The molecule has 0 bridgehead atoms. The summed E-state index contributed by atoms with van der Waals surface area (Å²) in [5.41, 5.74) is 7.24. The average molecular weight is 275 g/mol. The van der Waals surface area contributed by atoms with Crippen molar-refractivity contribution in [1.82, 2.24) is 10.2 Å². The molecule has 1 fully saturated rings. The average Bonchev–Trinajstić information content (AvgIpc) is 2.44. The second-order valence-corrected chi connectivity index (χ2v) is 5.82. The molecule has 0 saturated carbocycles. The molecule has 0 radical (unpaired) electrons. The minimum absolute atomic E-state index is 0.0575. The van der Waals surface area contributed by atoms with Gasteiger partial charge >= 0.3 is 0 Å². The molecule has 1 aromatic carbocycles. The molecule has 4 nitrogen and oxygen atoms in total. The molecule has 1 heterocycles. The van der Waals surface area contributed by atoms with E-state index in [1.807, 2.05) is 35.2 Å². The van der Waals surface area contributed by atoms with Gasteiger partial charge in [-0.3, -0.25) is 4.79 Å². The van der Waals surface area contributed by atoms with Crippen molar-refractivity contribution >= 4 is 5.91 Å². The molecule has 4 heteroatoms. The van der Waals surface area contributed by atoms with E-state index in [1.54, 1.807) is 0 Å². The quantitative estimate of drug-likeness (QED) is 0.879. The number of rotatable bonds is 4. The first kappa shape index (κ1) is 15.0. The van der Waals surface area contributed by atoms with Crippen molar-refractivity contribution in [3.8, 4) is 0 Å². The first-order chi connectivity index (χ1) is 9.56. The highest BCUT2D eigenvalue weighted by Crippen LogP contribution is 2.16. The standard InChI is InChI=1S/C16H25N3O/c1-12-10-19(11-13(2)18-12)16(20)9-8-15(17)14-6-4-3-5-7-14/h3-7,12-13,15,18H,8-11,17H2,1-2H3/t12-,13-,15-/m1/s1. The summed E-state index contributed by atoms with van der Waals surface area (Å²) in [5, 5.41) is 3.44. The Morgan fingerprint density at radius 3 is 2.50 bits per heavy atom. The number of benzene rings is 1. The van der Waals surface area contributed by atoms with Gasteiger partial charge < -0.3 is 16.0 Å².